The lowest BCUT2D eigenvalue weighted by Gasteiger charge is -2.36. The topological polar surface area (TPSA) is 61.8 Å². The number of carbonyl (C=O) groups is 1. The number of carbonyl (C=O) groups excluding carboxylic acids is 1. The van der Waals surface area contributed by atoms with E-state index in [4.69, 9.17) is 0 Å². The molecule has 19 heavy (non-hydrogen) atoms. The molecule has 1 heterocycles. The minimum absolute atomic E-state index is 0.273. The van der Waals surface area contributed by atoms with E-state index in [0.29, 0.717) is 13.0 Å². The molecule has 2 N–H and O–H groups in total. The zero-order chi connectivity index (χ0) is 13.7. The van der Waals surface area contributed by atoms with Gasteiger partial charge in [0.2, 0.25) is 0 Å². The molecule has 5 nitrogen and oxygen atoms in total. The van der Waals surface area contributed by atoms with E-state index in [-0.39, 0.29) is 6.04 Å². The maximum absolute atomic E-state index is 11.2. The maximum atomic E-state index is 11.2. The number of piperidine rings is 1. The molecule has 104 valence electrons. The van der Waals surface area contributed by atoms with Gasteiger partial charge in [-0.3, -0.25) is 4.90 Å². The van der Waals surface area contributed by atoms with Crippen LogP contribution in [0.2, 0.25) is 0 Å². The van der Waals surface area contributed by atoms with Crippen molar-refractivity contribution in [2.45, 2.75) is 25.1 Å². The molecule has 1 saturated heterocycles. The van der Waals surface area contributed by atoms with E-state index >= 15 is 0 Å². The van der Waals surface area contributed by atoms with Crippen LogP contribution in [-0.2, 0) is 11.3 Å². The average Bonchev–Trinajstić information content (AvgIpc) is 2.43. The molecule has 1 aliphatic rings. The number of rotatable bonds is 3. The van der Waals surface area contributed by atoms with Gasteiger partial charge in [-0.25, -0.2) is 4.79 Å². The quantitative estimate of drug-likeness (QED) is 0.854. The first-order valence-electron chi connectivity index (χ1n) is 6.48. The molecule has 2 atom stereocenters. The van der Waals surface area contributed by atoms with Crippen molar-refractivity contribution in [3.63, 3.8) is 0 Å². The first-order chi connectivity index (χ1) is 9.19. The smallest absolute Gasteiger partial charge is 0.407 e. The molecule has 1 fully saturated rings. The van der Waals surface area contributed by atoms with Crippen molar-refractivity contribution >= 4 is 6.09 Å². The summed E-state index contributed by atoms with van der Waals surface area (Å²) in [6.45, 7) is 2.29. The van der Waals surface area contributed by atoms with Gasteiger partial charge in [0.1, 0.15) is 0 Å². The minimum Gasteiger partial charge on any atom is -0.453 e. The van der Waals surface area contributed by atoms with Crippen molar-refractivity contribution in [1.82, 2.24) is 10.2 Å². The Balaban J connectivity index is 1.91. The van der Waals surface area contributed by atoms with Crippen LogP contribution in [0.25, 0.3) is 0 Å². The van der Waals surface area contributed by atoms with E-state index in [1.165, 1.54) is 12.7 Å². The van der Waals surface area contributed by atoms with Crippen LogP contribution in [0.1, 0.15) is 12.0 Å². The van der Waals surface area contributed by atoms with Crippen molar-refractivity contribution in [3.8, 4) is 0 Å². The monoisotopic (exact) mass is 264 g/mol. The molecule has 0 aliphatic carbocycles. The van der Waals surface area contributed by atoms with Crippen molar-refractivity contribution in [2.24, 2.45) is 0 Å². The number of hydrogen-bond donors (Lipinski definition) is 2. The fourth-order valence-corrected chi connectivity index (χ4v) is 2.34. The van der Waals surface area contributed by atoms with Gasteiger partial charge in [-0.1, -0.05) is 30.3 Å². The lowest BCUT2D eigenvalue weighted by Crippen LogP contribution is -2.54. The van der Waals surface area contributed by atoms with E-state index in [1.54, 1.807) is 0 Å². The second-order valence-corrected chi connectivity index (χ2v) is 4.82. The number of hydrogen-bond acceptors (Lipinski definition) is 4. The van der Waals surface area contributed by atoms with E-state index in [0.717, 1.165) is 13.1 Å². The molecule has 2 rings (SSSR count). The van der Waals surface area contributed by atoms with E-state index in [1.807, 2.05) is 18.2 Å². The number of nitrogens with one attached hydrogen (secondary N) is 1. The van der Waals surface area contributed by atoms with Crippen molar-refractivity contribution < 1.29 is 14.6 Å². The Kier molecular flexibility index (Phi) is 4.76. The highest BCUT2D eigenvalue weighted by Gasteiger charge is 2.29. The number of benzene rings is 1. The van der Waals surface area contributed by atoms with Crippen LogP contribution in [0.4, 0.5) is 4.79 Å². The van der Waals surface area contributed by atoms with Gasteiger partial charge >= 0.3 is 6.09 Å². The minimum atomic E-state index is -0.508. The normalized spacial score (nSPS) is 23.9. The van der Waals surface area contributed by atoms with E-state index in [2.05, 4.69) is 27.1 Å². The highest BCUT2D eigenvalue weighted by molar-refractivity contribution is 5.67. The van der Waals surface area contributed by atoms with Crippen molar-refractivity contribution in [3.05, 3.63) is 35.9 Å². The second-order valence-electron chi connectivity index (χ2n) is 4.82. The number of alkyl carbamates (subject to hydrolysis) is 1. The predicted molar refractivity (Wildman–Crippen MR) is 71.7 cm³/mol. The fourth-order valence-electron chi connectivity index (χ4n) is 2.34. The Bertz CT molecular complexity index is 410. The van der Waals surface area contributed by atoms with Gasteiger partial charge in [-0.2, -0.15) is 0 Å². The molecule has 1 aromatic carbocycles. The second kappa shape index (κ2) is 6.54. The Morgan fingerprint density at radius 1 is 1.47 bits per heavy atom. The number of likely N-dealkylation sites (tertiary alicyclic amines) is 1. The Morgan fingerprint density at radius 2 is 2.21 bits per heavy atom. The standard InChI is InChI=1S/C14H20N2O3/c1-19-14(18)15-12-10-16(8-7-13(12)17)9-11-5-3-2-4-6-11/h2-6,12-13,17H,7-10H2,1H3,(H,15,18)/t12-,13-/m1/s1. The van der Waals surface area contributed by atoms with Crippen LogP contribution in [0.3, 0.4) is 0 Å². The first-order valence-corrected chi connectivity index (χ1v) is 6.48. The SMILES string of the molecule is COC(=O)N[C@@H]1CN(Cc2ccccc2)CC[C@H]1O. The van der Waals surface area contributed by atoms with Crippen molar-refractivity contribution in [2.75, 3.05) is 20.2 Å². The molecule has 0 saturated carbocycles. The molecule has 0 aromatic heterocycles. The third-order valence-corrected chi connectivity index (χ3v) is 3.40. The summed E-state index contributed by atoms with van der Waals surface area (Å²) in [6, 6.07) is 9.90. The average molecular weight is 264 g/mol. The summed E-state index contributed by atoms with van der Waals surface area (Å²) in [4.78, 5) is 13.5. The predicted octanol–water partition coefficient (Wildman–Crippen LogP) is 0.978. The van der Waals surface area contributed by atoms with Crippen LogP contribution in [0.5, 0.6) is 0 Å². The van der Waals surface area contributed by atoms with E-state index in [9.17, 15) is 9.90 Å². The van der Waals surface area contributed by atoms with Crippen molar-refractivity contribution in [1.29, 1.82) is 0 Å². The zero-order valence-corrected chi connectivity index (χ0v) is 11.1. The Labute approximate surface area is 113 Å². The maximum Gasteiger partial charge on any atom is 0.407 e. The molecule has 1 amide bonds. The van der Waals surface area contributed by atoms with Crippen LogP contribution >= 0.6 is 0 Å². The molecular weight excluding hydrogens is 244 g/mol. The van der Waals surface area contributed by atoms with Gasteiger partial charge in [0.25, 0.3) is 0 Å². The number of ether oxygens (including phenoxy) is 1. The van der Waals surface area contributed by atoms with Gasteiger partial charge in [-0.15, -0.1) is 0 Å². The lowest BCUT2D eigenvalue weighted by atomic mass is 10.0. The summed E-state index contributed by atoms with van der Waals surface area (Å²) in [6.07, 6.45) is -0.349. The largest absolute Gasteiger partial charge is 0.453 e. The Morgan fingerprint density at radius 3 is 2.89 bits per heavy atom. The highest BCUT2D eigenvalue weighted by atomic mass is 16.5. The number of aliphatic hydroxyl groups is 1. The van der Waals surface area contributed by atoms with Crippen LogP contribution in [0, 0.1) is 0 Å². The molecule has 0 unspecified atom stereocenters. The van der Waals surface area contributed by atoms with Gasteiger partial charge in [0.05, 0.1) is 19.3 Å². The van der Waals surface area contributed by atoms with Gasteiger partial charge in [-0.05, 0) is 12.0 Å². The molecular formula is C14H20N2O3. The summed E-state index contributed by atoms with van der Waals surface area (Å²) < 4.78 is 4.58. The van der Waals surface area contributed by atoms with Crippen LogP contribution < -0.4 is 5.32 Å². The summed E-state index contributed by atoms with van der Waals surface area (Å²) >= 11 is 0. The molecule has 0 bridgehead atoms. The third kappa shape index (κ3) is 3.94. The van der Waals surface area contributed by atoms with Gasteiger partial charge in [0, 0.05) is 19.6 Å². The van der Waals surface area contributed by atoms with Gasteiger partial charge in [0.15, 0.2) is 0 Å². The molecule has 0 radical (unpaired) electrons. The summed E-state index contributed by atoms with van der Waals surface area (Å²) in [7, 11) is 1.33. The molecule has 5 heteroatoms. The van der Waals surface area contributed by atoms with Crippen LogP contribution in [-0.4, -0.2) is 48.4 Å². The molecule has 0 spiro atoms. The third-order valence-electron chi connectivity index (χ3n) is 3.40. The summed E-state index contributed by atoms with van der Waals surface area (Å²) in [5.41, 5.74) is 1.23. The summed E-state index contributed by atoms with van der Waals surface area (Å²) in [5.74, 6) is 0. The lowest BCUT2D eigenvalue weighted by molar-refractivity contribution is 0.0429. The fraction of sp³-hybridized carbons (Fsp3) is 0.500. The number of nitrogens with zero attached hydrogens (tertiary/aromatic N) is 1. The zero-order valence-electron chi connectivity index (χ0n) is 11.1. The van der Waals surface area contributed by atoms with Crippen LogP contribution in [0.15, 0.2) is 30.3 Å². The van der Waals surface area contributed by atoms with E-state index < -0.39 is 12.2 Å². The highest BCUT2D eigenvalue weighted by Crippen LogP contribution is 2.14. The number of amides is 1. The molecule has 1 aliphatic heterocycles. The molecule has 1 aromatic rings. The number of aliphatic hydroxyl groups excluding tert-OH is 1. The first kappa shape index (κ1) is 13.8. The summed E-state index contributed by atoms with van der Waals surface area (Å²) in [5, 5.41) is 12.6. The Hall–Kier alpha value is -1.59. The van der Waals surface area contributed by atoms with Gasteiger partial charge < -0.3 is 15.2 Å². The number of methoxy groups -OCH3 is 1.